The van der Waals surface area contributed by atoms with Gasteiger partial charge in [-0.2, -0.15) is 5.48 Å². The molecule has 0 radical (unpaired) electrons. The molecule has 0 saturated heterocycles. The molecule has 0 bridgehead atoms. The lowest BCUT2D eigenvalue weighted by atomic mass is 9.89. The summed E-state index contributed by atoms with van der Waals surface area (Å²) in [5.74, 6) is 0.455. The molecule has 1 aliphatic rings. The Morgan fingerprint density at radius 2 is 2.13 bits per heavy atom. The van der Waals surface area contributed by atoms with Gasteiger partial charge in [0.2, 0.25) is 0 Å². The number of hydrogen-bond acceptors (Lipinski definition) is 3. The third-order valence-electron chi connectivity index (χ3n) is 2.99. The molecule has 0 heterocycles. The van der Waals surface area contributed by atoms with Crippen LogP contribution in [0.1, 0.15) is 29.5 Å². The van der Waals surface area contributed by atoms with E-state index in [4.69, 9.17) is 4.84 Å². The van der Waals surface area contributed by atoms with Crippen molar-refractivity contribution in [3.63, 3.8) is 0 Å². The average molecular weight is 207 g/mol. The van der Waals surface area contributed by atoms with E-state index in [2.05, 4.69) is 11.5 Å². The second-order valence-electron chi connectivity index (χ2n) is 3.94. The Balaban J connectivity index is 2.26. The minimum absolute atomic E-state index is 0.455. The van der Waals surface area contributed by atoms with Gasteiger partial charge in [-0.3, -0.25) is 0 Å². The molecule has 0 fully saturated rings. The first kappa shape index (κ1) is 10.5. The summed E-state index contributed by atoms with van der Waals surface area (Å²) < 4.78 is 0. The predicted molar refractivity (Wildman–Crippen MR) is 58.6 cm³/mol. The Bertz CT molecular complexity index is 350. The lowest BCUT2D eigenvalue weighted by Crippen LogP contribution is -2.12. The highest BCUT2D eigenvalue weighted by Crippen LogP contribution is 2.31. The van der Waals surface area contributed by atoms with Crippen LogP contribution in [0.15, 0.2) is 12.1 Å². The van der Waals surface area contributed by atoms with Crippen molar-refractivity contribution in [3.05, 3.63) is 28.8 Å². The Labute approximate surface area is 90.0 Å². The number of aromatic hydroxyl groups is 1. The van der Waals surface area contributed by atoms with Gasteiger partial charge in [-0.1, -0.05) is 12.1 Å². The molecule has 0 amide bonds. The largest absolute Gasteiger partial charge is 0.507 e. The van der Waals surface area contributed by atoms with Crippen molar-refractivity contribution >= 4 is 0 Å². The molecule has 1 aromatic carbocycles. The molecular formula is C12H17NO2. The van der Waals surface area contributed by atoms with Gasteiger partial charge in [-0.25, -0.2) is 0 Å². The zero-order valence-electron chi connectivity index (χ0n) is 9.05. The fourth-order valence-corrected chi connectivity index (χ4v) is 2.15. The first-order valence-electron chi connectivity index (χ1n) is 5.41. The number of hydrogen-bond donors (Lipinski definition) is 2. The van der Waals surface area contributed by atoms with E-state index in [9.17, 15) is 5.11 Å². The fraction of sp³-hybridized carbons (Fsp3) is 0.500. The molecule has 3 nitrogen and oxygen atoms in total. The summed E-state index contributed by atoms with van der Waals surface area (Å²) in [6.45, 7) is 0.551. The predicted octanol–water partition coefficient (Wildman–Crippen LogP) is 1.92. The summed E-state index contributed by atoms with van der Waals surface area (Å²) in [6, 6.07) is 4.10. The third-order valence-corrected chi connectivity index (χ3v) is 2.99. The summed E-state index contributed by atoms with van der Waals surface area (Å²) in [5, 5.41) is 10.1. The highest BCUT2D eigenvalue weighted by atomic mass is 16.6. The first-order valence-corrected chi connectivity index (χ1v) is 5.41. The van der Waals surface area contributed by atoms with Gasteiger partial charge in [0, 0.05) is 12.1 Å². The van der Waals surface area contributed by atoms with Crippen LogP contribution in [0.2, 0.25) is 0 Å². The van der Waals surface area contributed by atoms with Crippen molar-refractivity contribution in [2.75, 3.05) is 7.11 Å². The van der Waals surface area contributed by atoms with Gasteiger partial charge in [0.25, 0.3) is 0 Å². The van der Waals surface area contributed by atoms with Crippen LogP contribution in [0.3, 0.4) is 0 Å². The Morgan fingerprint density at radius 3 is 2.93 bits per heavy atom. The van der Waals surface area contributed by atoms with Gasteiger partial charge in [-0.05, 0) is 36.8 Å². The first-order chi connectivity index (χ1) is 7.33. The van der Waals surface area contributed by atoms with E-state index in [0.717, 1.165) is 24.0 Å². The van der Waals surface area contributed by atoms with Gasteiger partial charge in [0.15, 0.2) is 0 Å². The SMILES string of the molecule is CONCc1ccc2c(c1O)CCCC2. The zero-order chi connectivity index (χ0) is 10.7. The maximum atomic E-state index is 10.1. The number of phenolic OH excluding ortho intramolecular Hbond substituents is 1. The molecule has 82 valence electrons. The molecule has 0 unspecified atom stereocenters. The van der Waals surface area contributed by atoms with Crippen molar-refractivity contribution in [3.8, 4) is 5.75 Å². The minimum atomic E-state index is 0.455. The molecule has 0 aliphatic heterocycles. The summed E-state index contributed by atoms with van der Waals surface area (Å²) in [6.07, 6.45) is 4.52. The van der Waals surface area contributed by atoms with Crippen LogP contribution in [-0.2, 0) is 24.2 Å². The number of hydroxylamine groups is 1. The van der Waals surface area contributed by atoms with Crippen molar-refractivity contribution < 1.29 is 9.94 Å². The third kappa shape index (κ3) is 2.13. The average Bonchev–Trinajstić information content (AvgIpc) is 2.29. The number of phenols is 1. The summed E-state index contributed by atoms with van der Waals surface area (Å²) >= 11 is 0. The van der Waals surface area contributed by atoms with Crippen LogP contribution >= 0.6 is 0 Å². The normalized spacial score (nSPS) is 15.0. The number of nitrogens with one attached hydrogen (secondary N) is 1. The smallest absolute Gasteiger partial charge is 0.123 e. The minimum Gasteiger partial charge on any atom is -0.507 e. The highest BCUT2D eigenvalue weighted by Gasteiger charge is 2.15. The van der Waals surface area contributed by atoms with Crippen LogP contribution in [-0.4, -0.2) is 12.2 Å². The molecule has 15 heavy (non-hydrogen) atoms. The van der Waals surface area contributed by atoms with E-state index in [-0.39, 0.29) is 0 Å². The van der Waals surface area contributed by atoms with Crippen molar-refractivity contribution in [1.82, 2.24) is 5.48 Å². The van der Waals surface area contributed by atoms with E-state index in [1.165, 1.54) is 18.4 Å². The van der Waals surface area contributed by atoms with Gasteiger partial charge < -0.3 is 9.94 Å². The lowest BCUT2D eigenvalue weighted by Gasteiger charge is -2.18. The summed E-state index contributed by atoms with van der Waals surface area (Å²) in [4.78, 5) is 4.78. The molecular weight excluding hydrogens is 190 g/mol. The van der Waals surface area contributed by atoms with E-state index in [1.807, 2.05) is 6.07 Å². The Hall–Kier alpha value is -1.06. The van der Waals surface area contributed by atoms with Crippen LogP contribution in [0.4, 0.5) is 0 Å². The molecule has 0 spiro atoms. The topological polar surface area (TPSA) is 41.5 Å². The van der Waals surface area contributed by atoms with Crippen LogP contribution in [0.25, 0.3) is 0 Å². The summed E-state index contributed by atoms with van der Waals surface area (Å²) in [5.41, 5.74) is 6.11. The second-order valence-corrected chi connectivity index (χ2v) is 3.94. The van der Waals surface area contributed by atoms with Crippen LogP contribution < -0.4 is 5.48 Å². The Kier molecular flexibility index (Phi) is 3.23. The number of rotatable bonds is 3. The maximum Gasteiger partial charge on any atom is 0.123 e. The number of fused-ring (bicyclic) bond motifs is 1. The highest BCUT2D eigenvalue weighted by molar-refractivity contribution is 5.46. The standard InChI is InChI=1S/C12H17NO2/c1-15-13-8-10-7-6-9-4-2-3-5-11(9)12(10)14/h6-7,13-14H,2-5,8H2,1H3. The quantitative estimate of drug-likeness (QED) is 0.744. The van der Waals surface area contributed by atoms with Crippen molar-refractivity contribution in [2.24, 2.45) is 0 Å². The van der Waals surface area contributed by atoms with Crippen LogP contribution in [0.5, 0.6) is 5.75 Å². The summed E-state index contributed by atoms with van der Waals surface area (Å²) in [7, 11) is 1.58. The van der Waals surface area contributed by atoms with E-state index in [0.29, 0.717) is 12.3 Å². The number of benzene rings is 1. The fourth-order valence-electron chi connectivity index (χ4n) is 2.15. The van der Waals surface area contributed by atoms with Gasteiger partial charge in [0.1, 0.15) is 5.75 Å². The van der Waals surface area contributed by atoms with Crippen molar-refractivity contribution in [2.45, 2.75) is 32.2 Å². The van der Waals surface area contributed by atoms with Gasteiger partial charge in [0.05, 0.1) is 7.11 Å². The molecule has 0 aromatic heterocycles. The van der Waals surface area contributed by atoms with Gasteiger partial charge >= 0.3 is 0 Å². The van der Waals surface area contributed by atoms with E-state index < -0.39 is 0 Å². The molecule has 0 atom stereocenters. The zero-order valence-corrected chi connectivity index (χ0v) is 9.05. The van der Waals surface area contributed by atoms with Crippen LogP contribution in [0, 0.1) is 0 Å². The molecule has 1 aliphatic carbocycles. The van der Waals surface area contributed by atoms with Gasteiger partial charge in [-0.15, -0.1) is 0 Å². The molecule has 0 saturated carbocycles. The van der Waals surface area contributed by atoms with Crippen molar-refractivity contribution in [1.29, 1.82) is 0 Å². The molecule has 1 aromatic rings. The molecule has 3 heteroatoms. The molecule has 2 N–H and O–H groups in total. The van der Waals surface area contributed by atoms with E-state index in [1.54, 1.807) is 7.11 Å². The Morgan fingerprint density at radius 1 is 1.33 bits per heavy atom. The maximum absolute atomic E-state index is 10.1. The lowest BCUT2D eigenvalue weighted by molar-refractivity contribution is 0.0861. The van der Waals surface area contributed by atoms with E-state index >= 15 is 0 Å². The molecule has 2 rings (SSSR count). The monoisotopic (exact) mass is 207 g/mol. The number of aryl methyl sites for hydroxylation is 1. The second kappa shape index (κ2) is 4.64.